The van der Waals surface area contributed by atoms with Crippen LogP contribution in [0.15, 0.2) is 36.9 Å². The van der Waals surface area contributed by atoms with Gasteiger partial charge in [0.1, 0.15) is 6.10 Å². The fourth-order valence-corrected chi connectivity index (χ4v) is 2.12. The van der Waals surface area contributed by atoms with Gasteiger partial charge in [0, 0.05) is 35.9 Å². The molecule has 0 amide bonds. The molecule has 0 atom stereocenters. The number of nitrogens with one attached hydrogen (secondary N) is 1. The van der Waals surface area contributed by atoms with Gasteiger partial charge < -0.3 is 10.1 Å². The van der Waals surface area contributed by atoms with Crippen molar-refractivity contribution in [1.29, 1.82) is 0 Å². The minimum absolute atomic E-state index is 0.227. The summed E-state index contributed by atoms with van der Waals surface area (Å²) in [4.78, 5) is 12.6. The van der Waals surface area contributed by atoms with E-state index in [0.717, 1.165) is 37.1 Å². The highest BCUT2D eigenvalue weighted by Gasteiger charge is 2.15. The predicted octanol–water partition coefficient (Wildman–Crippen LogP) is 1.67. The molecule has 0 saturated carbocycles. The summed E-state index contributed by atoms with van der Waals surface area (Å²) in [6, 6.07) is 4.34. The first kappa shape index (κ1) is 12.0. The van der Waals surface area contributed by atoms with Crippen molar-refractivity contribution in [3.8, 4) is 17.1 Å². The van der Waals surface area contributed by atoms with Crippen LogP contribution in [-0.4, -0.2) is 34.1 Å². The first-order chi connectivity index (χ1) is 9.42. The summed E-state index contributed by atoms with van der Waals surface area (Å²) in [5, 5.41) is 3.30. The minimum atomic E-state index is 0.227. The number of rotatable bonds is 3. The quantitative estimate of drug-likeness (QED) is 0.905. The van der Waals surface area contributed by atoms with Crippen LogP contribution in [0.2, 0.25) is 0 Å². The van der Waals surface area contributed by atoms with Gasteiger partial charge in [-0.25, -0.2) is 9.97 Å². The van der Waals surface area contributed by atoms with E-state index in [1.807, 2.05) is 12.1 Å². The van der Waals surface area contributed by atoms with Crippen LogP contribution in [0.1, 0.15) is 12.8 Å². The lowest BCUT2D eigenvalue weighted by molar-refractivity contribution is 0.149. The molecule has 1 N–H and O–H groups in total. The molecule has 0 aromatic carbocycles. The van der Waals surface area contributed by atoms with Crippen molar-refractivity contribution in [1.82, 2.24) is 20.3 Å². The average molecular weight is 256 g/mol. The van der Waals surface area contributed by atoms with Crippen molar-refractivity contribution in [2.75, 3.05) is 13.1 Å². The Kier molecular flexibility index (Phi) is 3.65. The van der Waals surface area contributed by atoms with Gasteiger partial charge in [-0.2, -0.15) is 0 Å². The van der Waals surface area contributed by atoms with Crippen LogP contribution in [-0.2, 0) is 0 Å². The molecule has 2 aromatic heterocycles. The fraction of sp³-hybridized carbons (Fsp3) is 0.357. The number of ether oxygens (including phenoxy) is 1. The molecule has 0 aliphatic carbocycles. The third kappa shape index (κ3) is 3.06. The van der Waals surface area contributed by atoms with E-state index in [1.165, 1.54) is 0 Å². The van der Waals surface area contributed by atoms with E-state index >= 15 is 0 Å². The van der Waals surface area contributed by atoms with Crippen molar-refractivity contribution in [3.63, 3.8) is 0 Å². The zero-order chi connectivity index (χ0) is 12.9. The summed E-state index contributed by atoms with van der Waals surface area (Å²) in [6.45, 7) is 2.00. The van der Waals surface area contributed by atoms with Gasteiger partial charge >= 0.3 is 6.01 Å². The highest BCUT2D eigenvalue weighted by molar-refractivity contribution is 5.59. The molecule has 1 aliphatic heterocycles. The van der Waals surface area contributed by atoms with Crippen LogP contribution in [0, 0.1) is 0 Å². The molecule has 2 aromatic rings. The van der Waals surface area contributed by atoms with E-state index in [9.17, 15) is 0 Å². The molecule has 98 valence electrons. The molecule has 1 fully saturated rings. The molecule has 1 saturated heterocycles. The highest BCUT2D eigenvalue weighted by Crippen LogP contribution is 2.18. The van der Waals surface area contributed by atoms with Crippen LogP contribution in [0.5, 0.6) is 6.01 Å². The maximum atomic E-state index is 5.77. The number of aromatic nitrogens is 3. The van der Waals surface area contributed by atoms with E-state index in [-0.39, 0.29) is 6.10 Å². The Morgan fingerprint density at radius 2 is 1.84 bits per heavy atom. The van der Waals surface area contributed by atoms with Crippen LogP contribution in [0.3, 0.4) is 0 Å². The van der Waals surface area contributed by atoms with E-state index in [2.05, 4.69) is 20.3 Å². The standard InChI is InChI=1S/C14H16N4O/c1-2-11(8-16-5-1)12-9-17-14(18-10-12)19-13-3-6-15-7-4-13/h1-2,5,8-10,13,15H,3-4,6-7H2. The Morgan fingerprint density at radius 1 is 1.05 bits per heavy atom. The smallest absolute Gasteiger partial charge is 0.316 e. The summed E-state index contributed by atoms with van der Waals surface area (Å²) in [6.07, 6.45) is 9.35. The van der Waals surface area contributed by atoms with E-state index < -0.39 is 0 Å². The summed E-state index contributed by atoms with van der Waals surface area (Å²) in [5.41, 5.74) is 1.96. The fourth-order valence-electron chi connectivity index (χ4n) is 2.12. The van der Waals surface area contributed by atoms with Crippen LogP contribution in [0.25, 0.3) is 11.1 Å². The SMILES string of the molecule is c1cncc(-c2cnc(OC3CCNCC3)nc2)c1. The van der Waals surface area contributed by atoms with E-state index in [1.54, 1.807) is 24.8 Å². The number of nitrogens with zero attached hydrogens (tertiary/aromatic N) is 3. The van der Waals surface area contributed by atoms with E-state index in [0.29, 0.717) is 6.01 Å². The second-order valence-electron chi connectivity index (χ2n) is 4.56. The Hall–Kier alpha value is -2.01. The zero-order valence-electron chi connectivity index (χ0n) is 10.6. The highest BCUT2D eigenvalue weighted by atomic mass is 16.5. The predicted molar refractivity (Wildman–Crippen MR) is 71.8 cm³/mol. The summed E-state index contributed by atoms with van der Waals surface area (Å²) >= 11 is 0. The molecule has 0 radical (unpaired) electrons. The molecule has 0 bridgehead atoms. The van der Waals surface area contributed by atoms with Crippen molar-refractivity contribution in [3.05, 3.63) is 36.9 Å². The summed E-state index contributed by atoms with van der Waals surface area (Å²) in [5.74, 6) is 0. The van der Waals surface area contributed by atoms with Gasteiger partial charge in [0.25, 0.3) is 0 Å². The van der Waals surface area contributed by atoms with Gasteiger partial charge in [-0.05, 0) is 32.0 Å². The maximum Gasteiger partial charge on any atom is 0.316 e. The second kappa shape index (κ2) is 5.75. The zero-order valence-corrected chi connectivity index (χ0v) is 10.6. The first-order valence-corrected chi connectivity index (χ1v) is 6.51. The third-order valence-corrected chi connectivity index (χ3v) is 3.18. The molecule has 0 spiro atoms. The number of pyridine rings is 1. The monoisotopic (exact) mass is 256 g/mol. The van der Waals surface area contributed by atoms with Gasteiger partial charge in [0.15, 0.2) is 0 Å². The van der Waals surface area contributed by atoms with Crippen LogP contribution < -0.4 is 10.1 Å². The summed E-state index contributed by atoms with van der Waals surface area (Å²) in [7, 11) is 0. The maximum absolute atomic E-state index is 5.77. The molecule has 5 nitrogen and oxygen atoms in total. The van der Waals surface area contributed by atoms with Crippen molar-refractivity contribution >= 4 is 0 Å². The Morgan fingerprint density at radius 3 is 2.53 bits per heavy atom. The van der Waals surface area contributed by atoms with Crippen molar-refractivity contribution in [2.24, 2.45) is 0 Å². The Bertz CT molecular complexity index is 509. The molecule has 0 unspecified atom stereocenters. The first-order valence-electron chi connectivity index (χ1n) is 6.51. The van der Waals surface area contributed by atoms with Crippen molar-refractivity contribution in [2.45, 2.75) is 18.9 Å². The number of hydrogen-bond donors (Lipinski definition) is 1. The molecule has 5 heteroatoms. The lowest BCUT2D eigenvalue weighted by Crippen LogP contribution is -2.34. The molecule has 3 heterocycles. The summed E-state index contributed by atoms with van der Waals surface area (Å²) < 4.78 is 5.77. The van der Waals surface area contributed by atoms with Gasteiger partial charge in [-0.15, -0.1) is 0 Å². The Labute approximate surface area is 112 Å². The normalized spacial score (nSPS) is 16.2. The van der Waals surface area contributed by atoms with Crippen molar-refractivity contribution < 1.29 is 4.74 Å². The van der Waals surface area contributed by atoms with Gasteiger partial charge in [0.2, 0.25) is 0 Å². The topological polar surface area (TPSA) is 59.9 Å². The van der Waals surface area contributed by atoms with Gasteiger partial charge in [0.05, 0.1) is 0 Å². The molecule has 3 rings (SSSR count). The van der Waals surface area contributed by atoms with E-state index in [4.69, 9.17) is 4.74 Å². The largest absolute Gasteiger partial charge is 0.460 e. The van der Waals surface area contributed by atoms with Gasteiger partial charge in [-0.1, -0.05) is 6.07 Å². The minimum Gasteiger partial charge on any atom is -0.460 e. The lowest BCUT2D eigenvalue weighted by atomic mass is 10.1. The number of piperidine rings is 1. The van der Waals surface area contributed by atoms with Crippen LogP contribution >= 0.6 is 0 Å². The molecular weight excluding hydrogens is 240 g/mol. The molecular formula is C14H16N4O. The number of hydrogen-bond acceptors (Lipinski definition) is 5. The second-order valence-corrected chi connectivity index (χ2v) is 4.56. The average Bonchev–Trinajstić information content (AvgIpc) is 2.50. The Balaban J connectivity index is 1.68. The molecule has 1 aliphatic rings. The van der Waals surface area contributed by atoms with Crippen LogP contribution in [0.4, 0.5) is 0 Å². The third-order valence-electron chi connectivity index (χ3n) is 3.18. The lowest BCUT2D eigenvalue weighted by Gasteiger charge is -2.22. The molecule has 19 heavy (non-hydrogen) atoms. The van der Waals surface area contributed by atoms with Gasteiger partial charge in [-0.3, -0.25) is 4.98 Å².